The molecule has 0 atom stereocenters. The van der Waals surface area contributed by atoms with Crippen molar-refractivity contribution in [3.63, 3.8) is 0 Å². The van der Waals surface area contributed by atoms with Gasteiger partial charge in [-0.3, -0.25) is 0 Å². The van der Waals surface area contributed by atoms with E-state index in [9.17, 15) is 8.42 Å². The van der Waals surface area contributed by atoms with Crippen molar-refractivity contribution in [2.45, 2.75) is 49.5 Å². The van der Waals surface area contributed by atoms with Crippen molar-refractivity contribution < 1.29 is 8.42 Å². The van der Waals surface area contributed by atoms with Gasteiger partial charge in [-0.2, -0.15) is 11.8 Å². The third-order valence-electron chi connectivity index (χ3n) is 3.15. The molecule has 1 aliphatic heterocycles. The van der Waals surface area contributed by atoms with Gasteiger partial charge in [-0.1, -0.05) is 13.8 Å². The van der Waals surface area contributed by atoms with Crippen LogP contribution in [0.2, 0.25) is 0 Å². The summed E-state index contributed by atoms with van der Waals surface area (Å²) in [4.78, 5) is 0. The monoisotopic (exact) mass is 334 g/mol. The lowest BCUT2D eigenvalue weighted by atomic mass is 10.2. The third kappa shape index (κ3) is 4.73. The number of nitrogens with one attached hydrogen (secondary N) is 2. The number of hydrogen-bond donors (Lipinski definition) is 2. The van der Waals surface area contributed by atoms with Gasteiger partial charge in [0.25, 0.3) is 0 Å². The number of thioether (sulfide) groups is 1. The summed E-state index contributed by atoms with van der Waals surface area (Å²) in [5.74, 6) is 2.09. The van der Waals surface area contributed by atoms with Crippen LogP contribution in [0.1, 0.15) is 32.3 Å². The molecule has 0 bridgehead atoms. The van der Waals surface area contributed by atoms with Gasteiger partial charge in [0.2, 0.25) is 10.0 Å². The first-order valence-electron chi connectivity index (χ1n) is 6.88. The highest BCUT2D eigenvalue weighted by molar-refractivity contribution is 7.99. The molecular weight excluding hydrogens is 312 g/mol. The van der Waals surface area contributed by atoms with E-state index in [-0.39, 0.29) is 6.04 Å². The second-order valence-electron chi connectivity index (χ2n) is 5.32. The number of hydrogen-bond acceptors (Lipinski definition) is 5. The fourth-order valence-electron chi connectivity index (χ4n) is 2.00. The van der Waals surface area contributed by atoms with Crippen LogP contribution in [0.25, 0.3) is 0 Å². The molecule has 114 valence electrons. The third-order valence-corrected chi connectivity index (χ3v) is 7.21. The highest BCUT2D eigenvalue weighted by atomic mass is 32.2. The van der Waals surface area contributed by atoms with E-state index in [4.69, 9.17) is 0 Å². The Kier molecular flexibility index (Phi) is 5.92. The Labute approximate surface area is 129 Å². The predicted octanol–water partition coefficient (Wildman–Crippen LogP) is 2.42. The van der Waals surface area contributed by atoms with Crippen LogP contribution in [0.5, 0.6) is 0 Å². The minimum Gasteiger partial charge on any atom is -0.310 e. The lowest BCUT2D eigenvalue weighted by molar-refractivity contribution is 0.530. The molecule has 4 nitrogen and oxygen atoms in total. The second kappa shape index (κ2) is 7.26. The Hall–Kier alpha value is -0.0800. The molecule has 1 saturated heterocycles. The van der Waals surface area contributed by atoms with Crippen molar-refractivity contribution >= 4 is 33.1 Å². The SMILES string of the molecule is CC(C)NCc1csc(S(=O)(=O)NC2CCSCC2)c1. The molecule has 0 aliphatic carbocycles. The van der Waals surface area contributed by atoms with Gasteiger partial charge in [0.1, 0.15) is 4.21 Å². The van der Waals surface area contributed by atoms with E-state index >= 15 is 0 Å². The minimum atomic E-state index is -3.35. The molecule has 2 heterocycles. The molecule has 0 spiro atoms. The fraction of sp³-hybridized carbons (Fsp3) is 0.692. The lowest BCUT2D eigenvalue weighted by Gasteiger charge is -2.21. The summed E-state index contributed by atoms with van der Waals surface area (Å²) in [6, 6.07) is 2.27. The quantitative estimate of drug-likeness (QED) is 0.839. The summed E-state index contributed by atoms with van der Waals surface area (Å²) in [6.07, 6.45) is 1.86. The van der Waals surface area contributed by atoms with Crippen LogP contribution in [0.15, 0.2) is 15.7 Å². The van der Waals surface area contributed by atoms with Crippen LogP contribution < -0.4 is 10.0 Å². The minimum absolute atomic E-state index is 0.0978. The number of thiophene rings is 1. The molecule has 0 radical (unpaired) electrons. The van der Waals surface area contributed by atoms with Crippen molar-refractivity contribution in [2.75, 3.05) is 11.5 Å². The highest BCUT2D eigenvalue weighted by Crippen LogP contribution is 2.23. The fourth-order valence-corrected chi connectivity index (χ4v) is 5.64. The molecule has 0 amide bonds. The van der Waals surface area contributed by atoms with Crippen LogP contribution in [-0.2, 0) is 16.6 Å². The van der Waals surface area contributed by atoms with E-state index in [1.807, 2.05) is 17.1 Å². The van der Waals surface area contributed by atoms with Crippen LogP contribution >= 0.6 is 23.1 Å². The zero-order chi connectivity index (χ0) is 14.6. The van der Waals surface area contributed by atoms with Gasteiger partial charge >= 0.3 is 0 Å². The summed E-state index contributed by atoms with van der Waals surface area (Å²) in [5.41, 5.74) is 1.03. The van der Waals surface area contributed by atoms with Crippen molar-refractivity contribution in [2.24, 2.45) is 0 Å². The van der Waals surface area contributed by atoms with Gasteiger partial charge < -0.3 is 5.32 Å². The van der Waals surface area contributed by atoms with E-state index in [1.165, 1.54) is 11.3 Å². The Balaban J connectivity index is 1.98. The summed E-state index contributed by atoms with van der Waals surface area (Å²) in [6.45, 7) is 4.86. The predicted molar refractivity (Wildman–Crippen MR) is 87.0 cm³/mol. The van der Waals surface area contributed by atoms with Gasteiger partial charge in [0, 0.05) is 18.6 Å². The molecule has 0 unspecified atom stereocenters. The zero-order valence-corrected chi connectivity index (χ0v) is 14.3. The molecule has 2 rings (SSSR count). The first kappa shape index (κ1) is 16.3. The van der Waals surface area contributed by atoms with Crippen molar-refractivity contribution in [3.05, 3.63) is 17.0 Å². The molecule has 1 aromatic rings. The van der Waals surface area contributed by atoms with Crippen LogP contribution in [0.4, 0.5) is 0 Å². The van der Waals surface area contributed by atoms with Gasteiger partial charge in [-0.15, -0.1) is 11.3 Å². The molecule has 0 saturated carbocycles. The van der Waals surface area contributed by atoms with Gasteiger partial charge in [0.05, 0.1) is 0 Å². The first-order valence-corrected chi connectivity index (χ1v) is 10.4. The molecule has 1 aromatic heterocycles. The Morgan fingerprint density at radius 2 is 2.05 bits per heavy atom. The summed E-state index contributed by atoms with van der Waals surface area (Å²) < 4.78 is 27.9. The zero-order valence-electron chi connectivity index (χ0n) is 11.9. The van der Waals surface area contributed by atoms with Gasteiger partial charge in [-0.25, -0.2) is 13.1 Å². The van der Waals surface area contributed by atoms with Crippen molar-refractivity contribution in [1.82, 2.24) is 10.0 Å². The molecule has 1 fully saturated rings. The Morgan fingerprint density at radius 1 is 1.35 bits per heavy atom. The van der Waals surface area contributed by atoms with Crippen LogP contribution in [-0.4, -0.2) is 32.0 Å². The summed E-state index contributed by atoms with van der Waals surface area (Å²) in [5, 5.41) is 5.21. The van der Waals surface area contributed by atoms with E-state index in [0.29, 0.717) is 16.8 Å². The molecule has 2 N–H and O–H groups in total. The number of sulfonamides is 1. The highest BCUT2D eigenvalue weighted by Gasteiger charge is 2.23. The van der Waals surface area contributed by atoms with Gasteiger partial charge in [-0.05, 0) is 41.4 Å². The molecular formula is C13H22N2O2S3. The van der Waals surface area contributed by atoms with E-state index in [0.717, 1.165) is 29.9 Å². The molecule has 0 aromatic carbocycles. The van der Waals surface area contributed by atoms with Gasteiger partial charge in [0.15, 0.2) is 0 Å². The lowest BCUT2D eigenvalue weighted by Crippen LogP contribution is -2.36. The van der Waals surface area contributed by atoms with E-state index < -0.39 is 10.0 Å². The largest absolute Gasteiger partial charge is 0.310 e. The Morgan fingerprint density at radius 3 is 2.70 bits per heavy atom. The van der Waals surface area contributed by atoms with E-state index in [2.05, 4.69) is 23.9 Å². The summed E-state index contributed by atoms with van der Waals surface area (Å²) >= 11 is 3.19. The molecule has 1 aliphatic rings. The maximum Gasteiger partial charge on any atom is 0.250 e. The van der Waals surface area contributed by atoms with E-state index in [1.54, 1.807) is 6.07 Å². The van der Waals surface area contributed by atoms with Crippen LogP contribution in [0.3, 0.4) is 0 Å². The Bertz CT molecular complexity index is 519. The maximum absolute atomic E-state index is 12.3. The first-order chi connectivity index (χ1) is 9.47. The smallest absolute Gasteiger partial charge is 0.250 e. The topological polar surface area (TPSA) is 58.2 Å². The number of rotatable bonds is 6. The van der Waals surface area contributed by atoms with Crippen molar-refractivity contribution in [3.8, 4) is 0 Å². The van der Waals surface area contributed by atoms with Crippen LogP contribution in [0, 0.1) is 0 Å². The summed E-state index contributed by atoms with van der Waals surface area (Å²) in [7, 11) is -3.35. The second-order valence-corrected chi connectivity index (χ2v) is 9.39. The standard InChI is InChI=1S/C13H22N2O2S3/c1-10(2)14-8-11-7-13(19-9-11)20(16,17)15-12-3-5-18-6-4-12/h7,9-10,12,14-15H,3-6,8H2,1-2H3. The molecule has 7 heteroatoms. The van der Waals surface area contributed by atoms with Crippen molar-refractivity contribution in [1.29, 1.82) is 0 Å². The maximum atomic E-state index is 12.3. The normalized spacial score (nSPS) is 17.8. The molecule has 20 heavy (non-hydrogen) atoms. The average Bonchev–Trinajstić information content (AvgIpc) is 2.86. The average molecular weight is 335 g/mol.